The van der Waals surface area contributed by atoms with Crippen LogP contribution in [0.15, 0.2) is 36.4 Å². The maximum absolute atomic E-state index is 14.0. The summed E-state index contributed by atoms with van der Waals surface area (Å²) in [5, 5.41) is 2.52. The van der Waals surface area contributed by atoms with Crippen LogP contribution >= 0.6 is 0 Å². The number of hydrogen-bond donors (Lipinski definition) is 1. The number of halogens is 3. The molecule has 1 aliphatic heterocycles. The van der Waals surface area contributed by atoms with E-state index in [1.165, 1.54) is 32.1 Å². The average molecular weight is 421 g/mol. The van der Waals surface area contributed by atoms with Crippen LogP contribution in [0, 0.1) is 0 Å². The lowest BCUT2D eigenvalue weighted by Crippen LogP contribution is -2.43. The molecule has 3 nitrogen and oxygen atoms in total. The molecule has 1 amide bonds. The summed E-state index contributed by atoms with van der Waals surface area (Å²) in [5.74, 6) is -0.371. The third kappa shape index (κ3) is 5.54. The molecule has 30 heavy (non-hydrogen) atoms. The zero-order valence-corrected chi connectivity index (χ0v) is 17.6. The average Bonchev–Trinajstić information content (AvgIpc) is 3.13. The number of alkyl halides is 3. The standard InChI is InChI=1S/C24H31F3N2O/c1-2-3-4-5-6-7-8-11-18-14-15-21(20-13-10-9-12-19(18)20)23(24(25,26)27)29-17-16-22(30)28-29/h9-10,12-15,23H,2-8,11,16-17H2,1H3,(H,28,30)/t23-/m0/s1. The van der Waals surface area contributed by atoms with E-state index in [4.69, 9.17) is 0 Å². The number of amides is 1. The molecule has 3 rings (SSSR count). The Morgan fingerprint density at radius 1 is 0.967 bits per heavy atom. The summed E-state index contributed by atoms with van der Waals surface area (Å²) in [6, 6.07) is 8.91. The van der Waals surface area contributed by atoms with Crippen molar-refractivity contribution in [1.82, 2.24) is 10.4 Å². The number of hydrogen-bond acceptors (Lipinski definition) is 2. The topological polar surface area (TPSA) is 32.3 Å². The van der Waals surface area contributed by atoms with Crippen molar-refractivity contribution in [2.75, 3.05) is 6.54 Å². The van der Waals surface area contributed by atoms with Crippen molar-refractivity contribution < 1.29 is 18.0 Å². The van der Waals surface area contributed by atoms with E-state index in [-0.39, 0.29) is 24.4 Å². The Hall–Kier alpha value is -2.08. The van der Waals surface area contributed by atoms with Gasteiger partial charge in [-0.05, 0) is 34.7 Å². The molecule has 0 saturated carbocycles. The van der Waals surface area contributed by atoms with Crippen LogP contribution < -0.4 is 5.43 Å². The minimum atomic E-state index is -4.49. The van der Waals surface area contributed by atoms with Crippen LogP contribution in [0.2, 0.25) is 0 Å². The van der Waals surface area contributed by atoms with E-state index >= 15 is 0 Å². The Balaban J connectivity index is 1.80. The Bertz CT molecular complexity index is 850. The third-order valence-electron chi connectivity index (χ3n) is 5.86. The van der Waals surface area contributed by atoms with Crippen molar-refractivity contribution in [3.05, 3.63) is 47.5 Å². The number of aryl methyl sites for hydroxylation is 1. The van der Waals surface area contributed by atoms with E-state index in [9.17, 15) is 18.0 Å². The minimum absolute atomic E-state index is 0.0527. The first-order chi connectivity index (χ1) is 14.4. The van der Waals surface area contributed by atoms with Gasteiger partial charge in [-0.2, -0.15) is 13.2 Å². The van der Waals surface area contributed by atoms with E-state index in [1.54, 1.807) is 18.2 Å². The smallest absolute Gasteiger partial charge is 0.288 e. The fourth-order valence-corrected chi connectivity index (χ4v) is 4.32. The maximum Gasteiger partial charge on any atom is 0.409 e. The molecule has 0 aliphatic carbocycles. The molecule has 1 atom stereocenters. The zero-order chi connectivity index (χ0) is 21.6. The number of unbranched alkanes of at least 4 members (excludes halogenated alkanes) is 6. The second-order valence-corrected chi connectivity index (χ2v) is 8.15. The summed E-state index contributed by atoms with van der Waals surface area (Å²) in [5.41, 5.74) is 3.67. The predicted molar refractivity (Wildman–Crippen MR) is 114 cm³/mol. The Kier molecular flexibility index (Phi) is 7.75. The van der Waals surface area contributed by atoms with Gasteiger partial charge in [-0.25, -0.2) is 5.01 Å². The van der Waals surface area contributed by atoms with Crippen LogP contribution in [0.3, 0.4) is 0 Å². The Morgan fingerprint density at radius 3 is 2.27 bits per heavy atom. The number of carbonyl (C=O) groups is 1. The van der Waals surface area contributed by atoms with Gasteiger partial charge < -0.3 is 0 Å². The first-order valence-electron chi connectivity index (χ1n) is 11.0. The van der Waals surface area contributed by atoms with Crippen LogP contribution in [0.25, 0.3) is 10.8 Å². The number of nitrogens with one attached hydrogen (secondary N) is 1. The van der Waals surface area contributed by atoms with Crippen molar-refractivity contribution >= 4 is 16.7 Å². The first kappa shape index (κ1) is 22.6. The molecule has 1 N–H and O–H groups in total. The van der Waals surface area contributed by atoms with Gasteiger partial charge in [-0.15, -0.1) is 0 Å². The lowest BCUT2D eigenvalue weighted by atomic mass is 9.92. The molecule has 0 radical (unpaired) electrons. The number of nitrogens with zero attached hydrogens (tertiary/aromatic N) is 1. The molecule has 0 bridgehead atoms. The molecular weight excluding hydrogens is 389 g/mol. The molecule has 0 aromatic heterocycles. The number of rotatable bonds is 10. The van der Waals surface area contributed by atoms with Gasteiger partial charge in [0.05, 0.1) is 0 Å². The summed E-state index contributed by atoms with van der Waals surface area (Å²) in [6.07, 6.45) is 4.91. The number of fused-ring (bicyclic) bond motifs is 1. The highest BCUT2D eigenvalue weighted by Gasteiger charge is 2.47. The molecule has 2 aromatic rings. The zero-order valence-electron chi connectivity index (χ0n) is 17.6. The Labute approximate surface area is 176 Å². The highest BCUT2D eigenvalue weighted by atomic mass is 19.4. The number of benzene rings is 2. The number of hydrazine groups is 1. The van der Waals surface area contributed by atoms with Crippen molar-refractivity contribution in [2.24, 2.45) is 0 Å². The van der Waals surface area contributed by atoms with Crippen LogP contribution in [0.4, 0.5) is 13.2 Å². The summed E-state index contributed by atoms with van der Waals surface area (Å²) in [6.45, 7) is 2.26. The van der Waals surface area contributed by atoms with Gasteiger partial charge in [-0.1, -0.05) is 81.8 Å². The summed E-state index contributed by atoms with van der Waals surface area (Å²) in [7, 11) is 0. The molecule has 164 valence electrons. The van der Waals surface area contributed by atoms with E-state index in [2.05, 4.69) is 12.3 Å². The molecule has 1 fully saturated rings. The van der Waals surface area contributed by atoms with E-state index in [1.807, 2.05) is 18.2 Å². The molecule has 0 unspecified atom stereocenters. The quantitative estimate of drug-likeness (QED) is 0.447. The SMILES string of the molecule is CCCCCCCCCc1ccc([C@H](N2CCC(=O)N2)C(F)(F)F)c2ccccc12. The monoisotopic (exact) mass is 420 g/mol. The summed E-state index contributed by atoms with van der Waals surface area (Å²) in [4.78, 5) is 11.5. The molecule has 6 heteroatoms. The van der Waals surface area contributed by atoms with Gasteiger partial charge >= 0.3 is 6.18 Å². The van der Waals surface area contributed by atoms with E-state index in [0.717, 1.165) is 35.2 Å². The molecule has 2 aromatic carbocycles. The largest absolute Gasteiger partial charge is 0.409 e. The van der Waals surface area contributed by atoms with Crippen molar-refractivity contribution in [3.8, 4) is 0 Å². The summed E-state index contributed by atoms with van der Waals surface area (Å²) < 4.78 is 42.0. The molecular formula is C24H31F3N2O. The van der Waals surface area contributed by atoms with Crippen LogP contribution in [0.5, 0.6) is 0 Å². The van der Waals surface area contributed by atoms with Gasteiger partial charge in [0, 0.05) is 13.0 Å². The van der Waals surface area contributed by atoms with Gasteiger partial charge in [-0.3, -0.25) is 10.2 Å². The predicted octanol–water partition coefficient (Wildman–Crippen LogP) is 6.47. The second-order valence-electron chi connectivity index (χ2n) is 8.15. The van der Waals surface area contributed by atoms with Gasteiger partial charge in [0.15, 0.2) is 6.04 Å². The Morgan fingerprint density at radius 2 is 1.63 bits per heavy atom. The molecule has 1 aliphatic rings. The van der Waals surface area contributed by atoms with Crippen LogP contribution in [0.1, 0.15) is 75.5 Å². The minimum Gasteiger partial charge on any atom is -0.288 e. The normalized spacial score (nSPS) is 16.2. The fraction of sp³-hybridized carbons (Fsp3) is 0.542. The van der Waals surface area contributed by atoms with E-state index in [0.29, 0.717) is 5.39 Å². The molecule has 0 spiro atoms. The number of carbonyl (C=O) groups excluding carboxylic acids is 1. The van der Waals surface area contributed by atoms with Crippen molar-refractivity contribution in [3.63, 3.8) is 0 Å². The lowest BCUT2D eigenvalue weighted by molar-refractivity contribution is -0.190. The fourth-order valence-electron chi connectivity index (χ4n) is 4.32. The highest BCUT2D eigenvalue weighted by molar-refractivity contribution is 5.89. The van der Waals surface area contributed by atoms with Crippen LogP contribution in [-0.4, -0.2) is 23.6 Å². The maximum atomic E-state index is 14.0. The van der Waals surface area contributed by atoms with Crippen molar-refractivity contribution in [2.45, 2.75) is 76.9 Å². The second kappa shape index (κ2) is 10.3. The third-order valence-corrected chi connectivity index (χ3v) is 5.86. The van der Waals surface area contributed by atoms with E-state index < -0.39 is 12.2 Å². The van der Waals surface area contributed by atoms with Crippen molar-refractivity contribution in [1.29, 1.82) is 0 Å². The highest BCUT2D eigenvalue weighted by Crippen LogP contribution is 2.41. The van der Waals surface area contributed by atoms with Crippen LogP contribution in [-0.2, 0) is 11.2 Å². The molecule has 1 saturated heterocycles. The van der Waals surface area contributed by atoms with Gasteiger partial charge in [0.1, 0.15) is 0 Å². The first-order valence-corrected chi connectivity index (χ1v) is 11.0. The molecule has 1 heterocycles. The summed E-state index contributed by atoms with van der Waals surface area (Å²) >= 11 is 0. The lowest BCUT2D eigenvalue weighted by Gasteiger charge is -2.30. The van der Waals surface area contributed by atoms with Gasteiger partial charge in [0.25, 0.3) is 0 Å². The van der Waals surface area contributed by atoms with Gasteiger partial charge in [0.2, 0.25) is 5.91 Å².